The van der Waals surface area contributed by atoms with Crippen LogP contribution in [0, 0.1) is 5.92 Å². The summed E-state index contributed by atoms with van der Waals surface area (Å²) in [6.45, 7) is 3.48. The number of nitrogens with one attached hydrogen (secondary N) is 1. The molecule has 0 spiro atoms. The molecule has 6 nitrogen and oxygen atoms in total. The van der Waals surface area contributed by atoms with Crippen LogP contribution >= 0.6 is 0 Å². The number of aliphatic carboxylic acids is 1. The zero-order chi connectivity index (χ0) is 14.3. The Bertz CT molecular complexity index is 344. The van der Waals surface area contributed by atoms with Gasteiger partial charge in [0.2, 0.25) is 5.91 Å². The molecule has 2 N–H and O–H groups in total. The number of urea groups is 1. The molecule has 0 saturated carbocycles. The maximum absolute atomic E-state index is 11.8. The van der Waals surface area contributed by atoms with Crippen molar-refractivity contribution in [3.05, 3.63) is 0 Å². The van der Waals surface area contributed by atoms with E-state index in [0.29, 0.717) is 31.8 Å². The average Bonchev–Trinajstić information content (AvgIpc) is 2.34. The Kier molecular flexibility index (Phi) is 6.32. The number of hydrogen-bond donors (Lipinski definition) is 2. The number of imide groups is 1. The number of hydrogen-bond acceptors (Lipinski definition) is 3. The van der Waals surface area contributed by atoms with Crippen molar-refractivity contribution < 1.29 is 19.5 Å². The summed E-state index contributed by atoms with van der Waals surface area (Å²) < 4.78 is 0. The summed E-state index contributed by atoms with van der Waals surface area (Å²) in [7, 11) is 0. The number of piperidine rings is 1. The van der Waals surface area contributed by atoms with Gasteiger partial charge in [-0.3, -0.25) is 14.9 Å². The summed E-state index contributed by atoms with van der Waals surface area (Å²) in [5.41, 5.74) is 0. The molecule has 1 aliphatic rings. The number of likely N-dealkylation sites (tertiary alicyclic amines) is 1. The van der Waals surface area contributed by atoms with Gasteiger partial charge in [-0.25, -0.2) is 4.79 Å². The first-order valence-corrected chi connectivity index (χ1v) is 6.79. The fourth-order valence-corrected chi connectivity index (χ4v) is 2.20. The molecule has 0 bridgehead atoms. The third-order valence-corrected chi connectivity index (χ3v) is 3.24. The summed E-state index contributed by atoms with van der Waals surface area (Å²) in [6, 6.07) is -0.324. The van der Waals surface area contributed by atoms with E-state index in [1.165, 1.54) is 0 Å². The van der Waals surface area contributed by atoms with Crippen LogP contribution in [0.3, 0.4) is 0 Å². The quantitative estimate of drug-likeness (QED) is 0.743. The lowest BCUT2D eigenvalue weighted by molar-refractivity contribution is -0.137. The zero-order valence-electron chi connectivity index (χ0n) is 11.4. The Hall–Kier alpha value is -1.59. The molecule has 1 heterocycles. The maximum Gasteiger partial charge on any atom is 0.324 e. The predicted molar refractivity (Wildman–Crippen MR) is 69.6 cm³/mol. The van der Waals surface area contributed by atoms with Crippen LogP contribution in [-0.4, -0.2) is 41.0 Å². The summed E-state index contributed by atoms with van der Waals surface area (Å²) in [5.74, 6) is -0.711. The molecule has 108 valence electrons. The van der Waals surface area contributed by atoms with E-state index in [9.17, 15) is 14.4 Å². The number of amides is 3. The third kappa shape index (κ3) is 6.22. The molecule has 3 amide bonds. The normalized spacial score (nSPS) is 19.0. The molecule has 6 heteroatoms. The number of carboxylic acid groups (broad SMARTS) is 1. The molecule has 19 heavy (non-hydrogen) atoms. The van der Waals surface area contributed by atoms with Gasteiger partial charge < -0.3 is 10.0 Å². The summed E-state index contributed by atoms with van der Waals surface area (Å²) in [4.78, 5) is 35.3. The topological polar surface area (TPSA) is 86.7 Å². The first kappa shape index (κ1) is 15.5. The van der Waals surface area contributed by atoms with Gasteiger partial charge in [0.1, 0.15) is 0 Å². The minimum atomic E-state index is -0.862. The molecule has 1 rings (SSSR count). The van der Waals surface area contributed by atoms with Crippen molar-refractivity contribution in [1.82, 2.24) is 10.2 Å². The van der Waals surface area contributed by atoms with Crippen LogP contribution in [0.1, 0.15) is 45.4 Å². The molecular weight excluding hydrogens is 248 g/mol. The second kappa shape index (κ2) is 7.76. The number of carboxylic acids is 1. The van der Waals surface area contributed by atoms with Crippen LogP contribution in [0.5, 0.6) is 0 Å². The molecule has 1 aliphatic heterocycles. The maximum atomic E-state index is 11.8. The lowest BCUT2D eigenvalue weighted by Crippen LogP contribution is -2.46. The SMILES string of the molecule is CC1CCCN(C(=O)NC(=O)CCCCC(=O)O)C1. The summed E-state index contributed by atoms with van der Waals surface area (Å²) in [6.07, 6.45) is 3.29. The highest BCUT2D eigenvalue weighted by Crippen LogP contribution is 2.15. The van der Waals surface area contributed by atoms with E-state index < -0.39 is 5.97 Å². The molecule has 0 aromatic heterocycles. The number of unbranched alkanes of at least 4 members (excludes halogenated alkanes) is 1. The van der Waals surface area contributed by atoms with Crippen LogP contribution in [0.2, 0.25) is 0 Å². The van der Waals surface area contributed by atoms with E-state index in [1.54, 1.807) is 4.90 Å². The van der Waals surface area contributed by atoms with Crippen molar-refractivity contribution in [2.24, 2.45) is 5.92 Å². The summed E-state index contributed by atoms with van der Waals surface area (Å²) in [5, 5.41) is 10.8. The lowest BCUT2D eigenvalue weighted by atomic mass is 10.0. The van der Waals surface area contributed by atoms with E-state index in [-0.39, 0.29) is 24.8 Å². The van der Waals surface area contributed by atoms with Crippen LogP contribution in [0.15, 0.2) is 0 Å². The van der Waals surface area contributed by atoms with Crippen LogP contribution in [0.25, 0.3) is 0 Å². The highest BCUT2D eigenvalue weighted by molar-refractivity contribution is 5.94. The van der Waals surface area contributed by atoms with E-state index in [1.807, 2.05) is 0 Å². The van der Waals surface area contributed by atoms with Gasteiger partial charge >= 0.3 is 12.0 Å². The minimum absolute atomic E-state index is 0.0604. The lowest BCUT2D eigenvalue weighted by Gasteiger charge is -2.30. The molecule has 0 aromatic rings. The molecule has 1 unspecified atom stereocenters. The third-order valence-electron chi connectivity index (χ3n) is 3.24. The largest absolute Gasteiger partial charge is 0.481 e. The smallest absolute Gasteiger partial charge is 0.324 e. The van der Waals surface area contributed by atoms with Crippen molar-refractivity contribution >= 4 is 17.9 Å². The van der Waals surface area contributed by atoms with Gasteiger partial charge in [-0.1, -0.05) is 6.92 Å². The fourth-order valence-electron chi connectivity index (χ4n) is 2.20. The van der Waals surface area contributed by atoms with Crippen LogP contribution in [0.4, 0.5) is 4.79 Å². The molecular formula is C13H22N2O4. The molecule has 1 saturated heterocycles. The molecule has 1 atom stereocenters. The fraction of sp³-hybridized carbons (Fsp3) is 0.769. The molecule has 0 aliphatic carbocycles. The molecule has 0 radical (unpaired) electrons. The van der Waals surface area contributed by atoms with Crippen molar-refractivity contribution in [3.63, 3.8) is 0 Å². The highest BCUT2D eigenvalue weighted by Gasteiger charge is 2.21. The van der Waals surface area contributed by atoms with Crippen molar-refractivity contribution in [2.45, 2.75) is 45.4 Å². The van der Waals surface area contributed by atoms with Crippen molar-refractivity contribution in [1.29, 1.82) is 0 Å². The van der Waals surface area contributed by atoms with Gasteiger partial charge in [-0.15, -0.1) is 0 Å². The van der Waals surface area contributed by atoms with Gasteiger partial charge in [-0.2, -0.15) is 0 Å². The average molecular weight is 270 g/mol. The van der Waals surface area contributed by atoms with E-state index >= 15 is 0 Å². The van der Waals surface area contributed by atoms with Gasteiger partial charge in [0.25, 0.3) is 0 Å². The number of rotatable bonds is 5. The van der Waals surface area contributed by atoms with Crippen molar-refractivity contribution in [2.75, 3.05) is 13.1 Å². The Labute approximate surface area is 113 Å². The Morgan fingerprint density at radius 3 is 2.58 bits per heavy atom. The Balaban J connectivity index is 2.20. The predicted octanol–water partition coefficient (Wildman–Crippen LogP) is 1.60. The van der Waals surface area contributed by atoms with E-state index in [4.69, 9.17) is 5.11 Å². The van der Waals surface area contributed by atoms with Crippen molar-refractivity contribution in [3.8, 4) is 0 Å². The van der Waals surface area contributed by atoms with Crippen LogP contribution in [-0.2, 0) is 9.59 Å². The number of nitrogens with zero attached hydrogens (tertiary/aromatic N) is 1. The van der Waals surface area contributed by atoms with E-state index in [0.717, 1.165) is 12.8 Å². The number of carbonyl (C=O) groups is 3. The minimum Gasteiger partial charge on any atom is -0.481 e. The Morgan fingerprint density at radius 2 is 1.95 bits per heavy atom. The Morgan fingerprint density at radius 1 is 1.26 bits per heavy atom. The van der Waals surface area contributed by atoms with E-state index in [2.05, 4.69) is 12.2 Å². The standard InChI is InChI=1S/C13H22N2O4/c1-10-5-4-8-15(9-10)13(19)14-11(16)6-2-3-7-12(17)18/h10H,2-9H2,1H3,(H,17,18)(H,14,16,19). The molecule has 0 aromatic carbocycles. The first-order chi connectivity index (χ1) is 8.99. The van der Waals surface area contributed by atoms with Gasteiger partial charge in [-0.05, 0) is 31.6 Å². The van der Waals surface area contributed by atoms with Gasteiger partial charge in [0.15, 0.2) is 0 Å². The molecule has 1 fully saturated rings. The second-order valence-corrected chi connectivity index (χ2v) is 5.15. The summed E-state index contributed by atoms with van der Waals surface area (Å²) >= 11 is 0. The van der Waals surface area contributed by atoms with Crippen LogP contribution < -0.4 is 5.32 Å². The first-order valence-electron chi connectivity index (χ1n) is 6.79. The highest BCUT2D eigenvalue weighted by atomic mass is 16.4. The monoisotopic (exact) mass is 270 g/mol. The second-order valence-electron chi connectivity index (χ2n) is 5.15. The zero-order valence-corrected chi connectivity index (χ0v) is 11.4. The number of carbonyl (C=O) groups excluding carboxylic acids is 2. The van der Waals surface area contributed by atoms with Gasteiger partial charge in [0, 0.05) is 25.9 Å². The van der Waals surface area contributed by atoms with Gasteiger partial charge in [0.05, 0.1) is 0 Å².